The minimum Gasteiger partial charge on any atom is -0.493 e. The summed E-state index contributed by atoms with van der Waals surface area (Å²) < 4.78 is 23.7. The van der Waals surface area contributed by atoms with Gasteiger partial charge in [0.25, 0.3) is 0 Å². The summed E-state index contributed by atoms with van der Waals surface area (Å²) in [6.07, 6.45) is 0. The fraction of sp³-hybridized carbons (Fsp3) is 0.333. The average molecular weight is 249 g/mol. The second-order valence-electron chi connectivity index (χ2n) is 2.35. The fourth-order valence-electron chi connectivity index (χ4n) is 0.973. The summed E-state index contributed by atoms with van der Waals surface area (Å²) in [7, 11) is 1.48. The SMILES string of the molecule is CCOc1c(Br)cc(F)cc1OC. The Morgan fingerprint density at radius 1 is 1.46 bits per heavy atom. The highest BCUT2D eigenvalue weighted by Crippen LogP contribution is 2.35. The first-order valence-corrected chi connectivity index (χ1v) is 4.64. The summed E-state index contributed by atoms with van der Waals surface area (Å²) in [4.78, 5) is 0. The van der Waals surface area contributed by atoms with Crippen LogP contribution >= 0.6 is 15.9 Å². The highest BCUT2D eigenvalue weighted by atomic mass is 79.9. The van der Waals surface area contributed by atoms with Gasteiger partial charge in [-0.15, -0.1) is 0 Å². The maximum Gasteiger partial charge on any atom is 0.175 e. The Morgan fingerprint density at radius 2 is 2.15 bits per heavy atom. The molecule has 0 amide bonds. The molecule has 0 spiro atoms. The molecule has 0 unspecified atom stereocenters. The van der Waals surface area contributed by atoms with Gasteiger partial charge >= 0.3 is 0 Å². The predicted molar refractivity (Wildman–Crippen MR) is 51.8 cm³/mol. The van der Waals surface area contributed by atoms with E-state index in [1.165, 1.54) is 19.2 Å². The van der Waals surface area contributed by atoms with Crippen molar-refractivity contribution in [3.8, 4) is 11.5 Å². The van der Waals surface area contributed by atoms with Gasteiger partial charge in [-0.3, -0.25) is 0 Å². The van der Waals surface area contributed by atoms with Crippen LogP contribution in [0.25, 0.3) is 0 Å². The number of rotatable bonds is 3. The van der Waals surface area contributed by atoms with E-state index in [-0.39, 0.29) is 5.82 Å². The lowest BCUT2D eigenvalue weighted by Crippen LogP contribution is -1.96. The van der Waals surface area contributed by atoms with Crippen LogP contribution in [0.2, 0.25) is 0 Å². The normalized spacial score (nSPS) is 9.85. The third kappa shape index (κ3) is 2.34. The molecule has 0 aromatic heterocycles. The van der Waals surface area contributed by atoms with Crippen LogP contribution < -0.4 is 9.47 Å². The summed E-state index contributed by atoms with van der Waals surface area (Å²) in [5.41, 5.74) is 0. The van der Waals surface area contributed by atoms with Crippen LogP contribution in [0.15, 0.2) is 16.6 Å². The van der Waals surface area contributed by atoms with Crippen molar-refractivity contribution in [1.82, 2.24) is 0 Å². The standard InChI is InChI=1S/C9H10BrFO2/c1-3-13-9-7(10)4-6(11)5-8(9)12-2/h4-5H,3H2,1-2H3. The number of methoxy groups -OCH3 is 1. The number of halogens is 2. The van der Waals surface area contributed by atoms with Crippen LogP contribution in [-0.4, -0.2) is 13.7 Å². The van der Waals surface area contributed by atoms with Gasteiger partial charge < -0.3 is 9.47 Å². The highest BCUT2D eigenvalue weighted by Gasteiger charge is 2.10. The lowest BCUT2D eigenvalue weighted by molar-refractivity contribution is 0.307. The lowest BCUT2D eigenvalue weighted by Gasteiger charge is -2.10. The minimum atomic E-state index is -0.354. The molecule has 0 atom stereocenters. The van der Waals surface area contributed by atoms with Crippen LogP contribution in [0.3, 0.4) is 0 Å². The smallest absolute Gasteiger partial charge is 0.175 e. The first kappa shape index (κ1) is 10.3. The van der Waals surface area contributed by atoms with Crippen molar-refractivity contribution in [2.45, 2.75) is 6.92 Å². The summed E-state index contributed by atoms with van der Waals surface area (Å²) >= 11 is 3.19. The van der Waals surface area contributed by atoms with E-state index in [0.29, 0.717) is 22.6 Å². The van der Waals surface area contributed by atoms with E-state index < -0.39 is 0 Å². The molecule has 0 radical (unpaired) electrons. The first-order chi connectivity index (χ1) is 6.19. The van der Waals surface area contributed by atoms with Gasteiger partial charge in [-0.05, 0) is 28.9 Å². The molecule has 0 fully saturated rings. The molecule has 4 heteroatoms. The van der Waals surface area contributed by atoms with Gasteiger partial charge in [0.05, 0.1) is 18.2 Å². The molecule has 0 aliphatic rings. The number of hydrogen-bond donors (Lipinski definition) is 0. The molecular weight excluding hydrogens is 239 g/mol. The monoisotopic (exact) mass is 248 g/mol. The van der Waals surface area contributed by atoms with E-state index in [9.17, 15) is 4.39 Å². The molecule has 0 saturated carbocycles. The van der Waals surface area contributed by atoms with Crippen molar-refractivity contribution in [3.05, 3.63) is 22.4 Å². The van der Waals surface area contributed by atoms with E-state index >= 15 is 0 Å². The van der Waals surface area contributed by atoms with E-state index in [1.54, 1.807) is 0 Å². The van der Waals surface area contributed by atoms with E-state index in [4.69, 9.17) is 9.47 Å². The molecule has 13 heavy (non-hydrogen) atoms. The molecule has 1 aromatic rings. The maximum absolute atomic E-state index is 12.9. The molecule has 0 N–H and O–H groups in total. The fourth-order valence-corrected chi connectivity index (χ4v) is 1.50. The van der Waals surface area contributed by atoms with Crippen LogP contribution in [0.5, 0.6) is 11.5 Å². The van der Waals surface area contributed by atoms with Crippen LogP contribution in [0, 0.1) is 5.82 Å². The Hall–Kier alpha value is -0.770. The van der Waals surface area contributed by atoms with Crippen molar-refractivity contribution in [3.63, 3.8) is 0 Å². The molecule has 2 nitrogen and oxygen atoms in total. The third-order valence-electron chi connectivity index (χ3n) is 1.48. The van der Waals surface area contributed by atoms with Crippen molar-refractivity contribution in [2.24, 2.45) is 0 Å². The quantitative estimate of drug-likeness (QED) is 0.819. The van der Waals surface area contributed by atoms with Crippen LogP contribution in [0.1, 0.15) is 6.92 Å². The summed E-state index contributed by atoms with van der Waals surface area (Å²) in [5.74, 6) is 0.576. The van der Waals surface area contributed by atoms with Crippen LogP contribution in [0.4, 0.5) is 4.39 Å². The number of benzene rings is 1. The van der Waals surface area contributed by atoms with Crippen molar-refractivity contribution >= 4 is 15.9 Å². The molecular formula is C9H10BrFO2. The van der Waals surface area contributed by atoms with Crippen molar-refractivity contribution < 1.29 is 13.9 Å². The zero-order valence-corrected chi connectivity index (χ0v) is 9.02. The third-order valence-corrected chi connectivity index (χ3v) is 2.07. The highest BCUT2D eigenvalue weighted by molar-refractivity contribution is 9.10. The molecule has 0 heterocycles. The molecule has 1 aromatic carbocycles. The van der Waals surface area contributed by atoms with E-state index in [0.717, 1.165) is 0 Å². The Labute approximate surface area is 84.8 Å². The second kappa shape index (κ2) is 4.46. The average Bonchev–Trinajstić information content (AvgIpc) is 2.09. The van der Waals surface area contributed by atoms with Gasteiger partial charge in [0, 0.05) is 6.07 Å². The minimum absolute atomic E-state index is 0.354. The lowest BCUT2D eigenvalue weighted by atomic mass is 10.3. The molecule has 1 rings (SSSR count). The van der Waals surface area contributed by atoms with Crippen LogP contribution in [-0.2, 0) is 0 Å². The number of ether oxygens (including phenoxy) is 2. The second-order valence-corrected chi connectivity index (χ2v) is 3.21. The molecule has 0 aliphatic heterocycles. The zero-order chi connectivity index (χ0) is 9.84. The predicted octanol–water partition coefficient (Wildman–Crippen LogP) is 3.00. The largest absolute Gasteiger partial charge is 0.493 e. The van der Waals surface area contributed by atoms with E-state index in [1.807, 2.05) is 6.92 Å². The van der Waals surface area contributed by atoms with Gasteiger partial charge in [0.2, 0.25) is 0 Å². The van der Waals surface area contributed by atoms with Gasteiger partial charge in [0.1, 0.15) is 5.82 Å². The molecule has 0 saturated heterocycles. The van der Waals surface area contributed by atoms with E-state index in [2.05, 4.69) is 15.9 Å². The van der Waals surface area contributed by atoms with Crippen molar-refractivity contribution in [1.29, 1.82) is 0 Å². The summed E-state index contributed by atoms with van der Waals surface area (Å²) in [6, 6.07) is 2.63. The first-order valence-electron chi connectivity index (χ1n) is 3.84. The maximum atomic E-state index is 12.9. The summed E-state index contributed by atoms with van der Waals surface area (Å²) in [6.45, 7) is 2.37. The van der Waals surface area contributed by atoms with Gasteiger partial charge in [0.15, 0.2) is 11.5 Å². The Bertz CT molecular complexity index is 302. The van der Waals surface area contributed by atoms with Gasteiger partial charge in [-0.1, -0.05) is 0 Å². The van der Waals surface area contributed by atoms with Gasteiger partial charge in [-0.2, -0.15) is 0 Å². The molecule has 72 valence electrons. The van der Waals surface area contributed by atoms with Gasteiger partial charge in [-0.25, -0.2) is 4.39 Å². The zero-order valence-electron chi connectivity index (χ0n) is 7.43. The Kier molecular flexibility index (Phi) is 3.54. The number of hydrogen-bond acceptors (Lipinski definition) is 2. The summed E-state index contributed by atoms with van der Waals surface area (Å²) in [5, 5.41) is 0. The topological polar surface area (TPSA) is 18.5 Å². The Morgan fingerprint density at radius 3 is 2.69 bits per heavy atom. The Balaban J connectivity index is 3.13. The molecule has 0 bridgehead atoms. The van der Waals surface area contributed by atoms with Crippen molar-refractivity contribution in [2.75, 3.05) is 13.7 Å². The molecule has 0 aliphatic carbocycles.